The molecular weight excluding hydrogens is 392 g/mol. The highest BCUT2D eigenvalue weighted by atomic mass is 16.5. The van der Waals surface area contributed by atoms with E-state index < -0.39 is 0 Å². The van der Waals surface area contributed by atoms with Crippen LogP contribution in [0.5, 0.6) is 5.75 Å². The number of nitrogens with one attached hydrogen (secondary N) is 1. The third kappa shape index (κ3) is 4.31. The number of morpholine rings is 1. The second kappa shape index (κ2) is 9.12. The molecule has 4 rings (SSSR count). The molecular formula is C25H30N2O4. The Bertz CT molecular complexity index is 1070. The van der Waals surface area contributed by atoms with Crippen LogP contribution in [0.15, 0.2) is 40.8 Å². The number of ether oxygens (including phenoxy) is 2. The Morgan fingerprint density at radius 2 is 1.77 bits per heavy atom. The molecule has 164 valence electrons. The van der Waals surface area contributed by atoms with E-state index >= 15 is 0 Å². The third-order valence-electron chi connectivity index (χ3n) is 6.27. The van der Waals surface area contributed by atoms with Gasteiger partial charge in [-0.1, -0.05) is 24.3 Å². The second-order valence-corrected chi connectivity index (χ2v) is 8.09. The summed E-state index contributed by atoms with van der Waals surface area (Å²) >= 11 is 0. The molecule has 2 aromatic carbocycles. The van der Waals surface area contributed by atoms with Gasteiger partial charge < -0.3 is 19.2 Å². The number of methoxy groups -OCH3 is 1. The number of benzene rings is 2. The lowest BCUT2D eigenvalue weighted by Gasteiger charge is -2.35. The minimum absolute atomic E-state index is 0.0485. The molecule has 31 heavy (non-hydrogen) atoms. The average Bonchev–Trinajstić information content (AvgIpc) is 3.14. The normalized spacial score (nSPS) is 15.7. The molecule has 1 atom stereocenters. The second-order valence-electron chi connectivity index (χ2n) is 8.09. The van der Waals surface area contributed by atoms with Crippen molar-refractivity contribution in [3.05, 3.63) is 64.4 Å². The number of amides is 1. The number of carbonyl (C=O) groups is 1. The zero-order chi connectivity index (χ0) is 22.0. The fraction of sp³-hybridized carbons (Fsp3) is 0.400. The summed E-state index contributed by atoms with van der Waals surface area (Å²) in [5.74, 6) is 1.02. The molecule has 1 amide bonds. The zero-order valence-electron chi connectivity index (χ0n) is 18.7. The van der Waals surface area contributed by atoms with Crippen LogP contribution in [0, 0.1) is 20.8 Å². The molecule has 0 bridgehead atoms. The van der Waals surface area contributed by atoms with E-state index in [9.17, 15) is 4.79 Å². The zero-order valence-corrected chi connectivity index (χ0v) is 18.7. The van der Waals surface area contributed by atoms with Crippen LogP contribution in [-0.2, 0) is 4.74 Å². The van der Waals surface area contributed by atoms with Gasteiger partial charge in [0.2, 0.25) is 0 Å². The van der Waals surface area contributed by atoms with Crippen LogP contribution < -0.4 is 10.1 Å². The number of hydrogen-bond donors (Lipinski definition) is 1. The van der Waals surface area contributed by atoms with E-state index in [-0.39, 0.29) is 11.9 Å². The highest BCUT2D eigenvalue weighted by Gasteiger charge is 2.25. The predicted molar refractivity (Wildman–Crippen MR) is 121 cm³/mol. The minimum atomic E-state index is -0.183. The maximum Gasteiger partial charge on any atom is 0.287 e. The Hall–Kier alpha value is -2.83. The highest BCUT2D eigenvalue weighted by Crippen LogP contribution is 2.30. The molecule has 1 N–H and O–H groups in total. The lowest BCUT2D eigenvalue weighted by molar-refractivity contribution is 0.0161. The van der Waals surface area contributed by atoms with Crippen LogP contribution in [0.4, 0.5) is 0 Å². The molecule has 6 heteroatoms. The van der Waals surface area contributed by atoms with E-state index in [1.807, 2.05) is 39.0 Å². The summed E-state index contributed by atoms with van der Waals surface area (Å²) in [4.78, 5) is 15.4. The standard InChI is InChI=1S/C25H30N2O4/c1-16-5-10-21-18(3)24(31-23(21)17(16)2)25(28)26-15-22(27-11-13-30-14-12-27)19-6-8-20(29-4)9-7-19/h5-10,22H,11-15H2,1-4H3,(H,26,28). The Morgan fingerprint density at radius 1 is 1.06 bits per heavy atom. The van der Waals surface area contributed by atoms with E-state index in [4.69, 9.17) is 13.9 Å². The van der Waals surface area contributed by atoms with Crippen molar-refractivity contribution in [1.29, 1.82) is 0 Å². The number of fused-ring (bicyclic) bond motifs is 1. The maximum absolute atomic E-state index is 13.1. The summed E-state index contributed by atoms with van der Waals surface area (Å²) in [5.41, 5.74) is 5.03. The van der Waals surface area contributed by atoms with Crippen molar-refractivity contribution >= 4 is 16.9 Å². The number of furan rings is 1. The van der Waals surface area contributed by atoms with Crippen molar-refractivity contribution < 1.29 is 18.7 Å². The van der Waals surface area contributed by atoms with Crippen molar-refractivity contribution in [3.8, 4) is 5.75 Å². The van der Waals surface area contributed by atoms with Gasteiger partial charge in [-0.05, 0) is 49.6 Å². The SMILES string of the molecule is COc1ccc(C(CNC(=O)c2oc3c(C)c(C)ccc3c2C)N2CCOCC2)cc1. The maximum atomic E-state index is 13.1. The number of hydrogen-bond acceptors (Lipinski definition) is 5. The van der Waals surface area contributed by atoms with Crippen LogP contribution in [0.1, 0.15) is 38.9 Å². The van der Waals surface area contributed by atoms with Crippen LogP contribution >= 0.6 is 0 Å². The number of nitrogens with zero attached hydrogens (tertiary/aromatic N) is 1. The molecule has 1 aliphatic heterocycles. The molecule has 1 aromatic heterocycles. The Kier molecular flexibility index (Phi) is 6.30. The topological polar surface area (TPSA) is 63.9 Å². The Balaban J connectivity index is 1.56. The van der Waals surface area contributed by atoms with Gasteiger partial charge in [-0.2, -0.15) is 0 Å². The van der Waals surface area contributed by atoms with Gasteiger partial charge in [0.05, 0.1) is 26.4 Å². The monoisotopic (exact) mass is 422 g/mol. The third-order valence-corrected chi connectivity index (χ3v) is 6.27. The summed E-state index contributed by atoms with van der Waals surface area (Å²) < 4.78 is 16.8. The molecule has 2 heterocycles. The molecule has 0 radical (unpaired) electrons. The molecule has 0 saturated carbocycles. The van der Waals surface area contributed by atoms with Gasteiger partial charge >= 0.3 is 0 Å². The fourth-order valence-corrected chi connectivity index (χ4v) is 4.18. The van der Waals surface area contributed by atoms with Crippen molar-refractivity contribution in [1.82, 2.24) is 10.2 Å². The van der Waals surface area contributed by atoms with Crippen LogP contribution in [0.25, 0.3) is 11.0 Å². The first kappa shape index (κ1) is 21.4. The van der Waals surface area contributed by atoms with Crippen LogP contribution in [0.3, 0.4) is 0 Å². The molecule has 1 saturated heterocycles. The first-order valence-electron chi connectivity index (χ1n) is 10.7. The van der Waals surface area contributed by atoms with Gasteiger partial charge in [-0.25, -0.2) is 0 Å². The van der Waals surface area contributed by atoms with E-state index in [0.29, 0.717) is 25.5 Å². The smallest absolute Gasteiger partial charge is 0.287 e. The van der Waals surface area contributed by atoms with Crippen LogP contribution in [0.2, 0.25) is 0 Å². The quantitative estimate of drug-likeness (QED) is 0.646. The molecule has 3 aromatic rings. The summed E-state index contributed by atoms with van der Waals surface area (Å²) in [6.45, 7) is 9.56. The van der Waals surface area contributed by atoms with Gasteiger partial charge in [0.15, 0.2) is 5.76 Å². The van der Waals surface area contributed by atoms with Crippen molar-refractivity contribution in [2.24, 2.45) is 0 Å². The van der Waals surface area contributed by atoms with Crippen molar-refractivity contribution in [2.45, 2.75) is 26.8 Å². The molecule has 1 aliphatic rings. The molecule has 0 spiro atoms. The Morgan fingerprint density at radius 3 is 2.45 bits per heavy atom. The lowest BCUT2D eigenvalue weighted by Crippen LogP contribution is -2.43. The van der Waals surface area contributed by atoms with Gasteiger partial charge in [0, 0.05) is 30.6 Å². The number of carbonyl (C=O) groups excluding carboxylic acids is 1. The molecule has 0 aliphatic carbocycles. The summed E-state index contributed by atoms with van der Waals surface area (Å²) in [6, 6.07) is 12.2. The van der Waals surface area contributed by atoms with Gasteiger partial charge in [-0.3, -0.25) is 9.69 Å². The van der Waals surface area contributed by atoms with Crippen LogP contribution in [-0.4, -0.2) is 50.8 Å². The molecule has 1 fully saturated rings. The summed E-state index contributed by atoms with van der Waals surface area (Å²) in [5, 5.41) is 4.11. The van der Waals surface area contributed by atoms with Crippen molar-refractivity contribution in [3.63, 3.8) is 0 Å². The summed E-state index contributed by atoms with van der Waals surface area (Å²) in [7, 11) is 1.66. The van der Waals surface area contributed by atoms with Gasteiger partial charge in [-0.15, -0.1) is 0 Å². The van der Waals surface area contributed by atoms with E-state index in [0.717, 1.165) is 52.1 Å². The van der Waals surface area contributed by atoms with Gasteiger partial charge in [0.1, 0.15) is 11.3 Å². The number of rotatable bonds is 6. The van der Waals surface area contributed by atoms with Gasteiger partial charge in [0.25, 0.3) is 5.91 Å². The number of aryl methyl sites for hydroxylation is 3. The first-order chi connectivity index (χ1) is 15.0. The lowest BCUT2D eigenvalue weighted by atomic mass is 10.0. The Labute approximate surface area is 183 Å². The van der Waals surface area contributed by atoms with Crippen molar-refractivity contribution in [2.75, 3.05) is 40.0 Å². The fourth-order valence-electron chi connectivity index (χ4n) is 4.18. The summed E-state index contributed by atoms with van der Waals surface area (Å²) in [6.07, 6.45) is 0. The molecule has 6 nitrogen and oxygen atoms in total. The molecule has 1 unspecified atom stereocenters. The highest BCUT2D eigenvalue weighted by molar-refractivity contribution is 5.99. The van der Waals surface area contributed by atoms with E-state index in [1.54, 1.807) is 7.11 Å². The van der Waals surface area contributed by atoms with E-state index in [1.165, 1.54) is 0 Å². The minimum Gasteiger partial charge on any atom is -0.497 e. The predicted octanol–water partition coefficient (Wildman–Crippen LogP) is 4.17. The largest absolute Gasteiger partial charge is 0.497 e. The van der Waals surface area contributed by atoms with E-state index in [2.05, 4.69) is 28.4 Å². The average molecular weight is 423 g/mol. The first-order valence-corrected chi connectivity index (χ1v) is 10.7.